The van der Waals surface area contributed by atoms with Gasteiger partial charge in [-0.25, -0.2) is 0 Å². The van der Waals surface area contributed by atoms with Crippen LogP contribution in [0, 0.1) is 28.6 Å². The Bertz CT molecular complexity index is 621. The van der Waals surface area contributed by atoms with Crippen LogP contribution < -0.4 is 9.47 Å². The van der Waals surface area contributed by atoms with E-state index in [1.165, 1.54) is 19.3 Å². The lowest BCUT2D eigenvalue weighted by atomic mass is 9.42. The van der Waals surface area contributed by atoms with Gasteiger partial charge in [0.25, 0.3) is 0 Å². The summed E-state index contributed by atoms with van der Waals surface area (Å²) in [6.45, 7) is 6.58. The van der Waals surface area contributed by atoms with Crippen molar-refractivity contribution >= 4 is 11.3 Å². The van der Waals surface area contributed by atoms with Gasteiger partial charge in [0.15, 0.2) is 11.5 Å². The van der Waals surface area contributed by atoms with E-state index < -0.39 is 5.60 Å². The summed E-state index contributed by atoms with van der Waals surface area (Å²) in [5.74, 6) is 3.88. The van der Waals surface area contributed by atoms with Crippen LogP contribution in [0.15, 0.2) is 5.38 Å². The van der Waals surface area contributed by atoms with E-state index in [0.29, 0.717) is 0 Å². The van der Waals surface area contributed by atoms with Crippen LogP contribution in [0.1, 0.15) is 64.2 Å². The quantitative estimate of drug-likeness (QED) is 0.796. The zero-order valence-electron chi connectivity index (χ0n) is 16.2. The lowest BCUT2D eigenvalue weighted by Gasteiger charge is -2.64. The van der Waals surface area contributed by atoms with Crippen molar-refractivity contribution in [3.8, 4) is 11.5 Å². The molecule has 4 heteroatoms. The number of aliphatic hydroxyl groups is 1. The van der Waals surface area contributed by atoms with Gasteiger partial charge in [0.1, 0.15) is 5.60 Å². The molecule has 0 amide bonds. The highest BCUT2D eigenvalue weighted by atomic mass is 32.1. The predicted octanol–water partition coefficient (Wildman–Crippen LogP) is 5.22. The van der Waals surface area contributed by atoms with Crippen molar-refractivity contribution in [2.75, 3.05) is 14.2 Å². The Balaban J connectivity index is 1.88. The van der Waals surface area contributed by atoms with Gasteiger partial charge in [-0.05, 0) is 61.7 Å². The third-order valence-electron chi connectivity index (χ3n) is 7.36. The Hall–Kier alpha value is -0.740. The van der Waals surface area contributed by atoms with E-state index in [1.807, 2.05) is 5.38 Å². The van der Waals surface area contributed by atoms with E-state index in [-0.39, 0.29) is 10.8 Å². The molecular formula is C21H32O3S. The molecule has 0 aliphatic heterocycles. The lowest BCUT2D eigenvalue weighted by Crippen LogP contribution is -2.61. The van der Waals surface area contributed by atoms with Crippen LogP contribution in [0.3, 0.4) is 0 Å². The highest BCUT2D eigenvalue weighted by Crippen LogP contribution is 2.70. The first-order valence-electron chi connectivity index (χ1n) is 9.66. The summed E-state index contributed by atoms with van der Waals surface area (Å²) in [5.41, 5.74) is -1.17. The molecule has 4 aliphatic rings. The molecule has 4 aliphatic carbocycles. The number of methoxy groups -OCH3 is 2. The first-order valence-corrected chi connectivity index (χ1v) is 10.5. The largest absolute Gasteiger partial charge is 0.492 e. The van der Waals surface area contributed by atoms with E-state index in [1.54, 1.807) is 25.6 Å². The van der Waals surface area contributed by atoms with Crippen LogP contribution in [0.2, 0.25) is 0 Å². The van der Waals surface area contributed by atoms with Crippen LogP contribution >= 0.6 is 11.3 Å². The minimum Gasteiger partial charge on any atom is -0.492 e. The summed E-state index contributed by atoms with van der Waals surface area (Å²) in [4.78, 5) is 0.973. The third-order valence-corrected chi connectivity index (χ3v) is 8.41. The van der Waals surface area contributed by atoms with E-state index in [0.717, 1.165) is 53.4 Å². The van der Waals surface area contributed by atoms with Gasteiger partial charge < -0.3 is 14.6 Å². The molecule has 1 heterocycles. The molecule has 4 fully saturated rings. The molecule has 0 saturated heterocycles. The maximum atomic E-state index is 12.5. The standard InChI is InChI=1S/C21H32O3S/c1-19(2,3)21(22,18-17(24-5)16(23-4)12-25-18)20-9-13-6-14(10-20)8-15(7-13)11-20/h12-15,22H,6-11H2,1-5H3. The summed E-state index contributed by atoms with van der Waals surface area (Å²) in [7, 11) is 3.37. The number of ether oxygens (including phenoxy) is 2. The lowest BCUT2D eigenvalue weighted by molar-refractivity contribution is -0.228. The fraction of sp³-hybridized carbons (Fsp3) is 0.810. The number of thiophene rings is 1. The summed E-state index contributed by atoms with van der Waals surface area (Å²) in [5, 5.41) is 14.5. The van der Waals surface area contributed by atoms with Crippen molar-refractivity contribution in [2.45, 2.75) is 64.9 Å². The zero-order chi connectivity index (χ0) is 18.0. The van der Waals surface area contributed by atoms with Gasteiger partial charge in [-0.3, -0.25) is 0 Å². The van der Waals surface area contributed by atoms with Gasteiger partial charge in [-0.1, -0.05) is 20.8 Å². The molecular weight excluding hydrogens is 332 g/mol. The molecule has 1 atom stereocenters. The SMILES string of the molecule is COc1csc(C(O)(C(C)(C)C)C23CC4CC(CC(C4)C2)C3)c1OC. The smallest absolute Gasteiger partial charge is 0.177 e. The minimum atomic E-state index is -0.886. The maximum Gasteiger partial charge on any atom is 0.177 e. The van der Waals surface area contributed by atoms with E-state index in [9.17, 15) is 5.11 Å². The topological polar surface area (TPSA) is 38.7 Å². The second kappa shape index (κ2) is 5.63. The molecule has 4 saturated carbocycles. The van der Waals surface area contributed by atoms with E-state index in [4.69, 9.17) is 9.47 Å². The molecule has 140 valence electrons. The average Bonchev–Trinajstić information content (AvgIpc) is 2.94. The summed E-state index contributed by atoms with van der Waals surface area (Å²) in [6.07, 6.45) is 7.63. The fourth-order valence-electron chi connectivity index (χ4n) is 6.85. The average molecular weight is 365 g/mol. The normalized spacial score (nSPS) is 36.3. The van der Waals surface area contributed by atoms with E-state index in [2.05, 4.69) is 20.8 Å². The Morgan fingerprint density at radius 2 is 1.52 bits per heavy atom. The zero-order valence-corrected chi connectivity index (χ0v) is 17.0. The first kappa shape index (κ1) is 17.7. The molecule has 1 N–H and O–H groups in total. The monoisotopic (exact) mass is 364 g/mol. The summed E-state index contributed by atoms with van der Waals surface area (Å²) < 4.78 is 11.3. The second-order valence-electron chi connectivity index (χ2n) is 9.82. The van der Waals surface area contributed by atoms with Gasteiger partial charge >= 0.3 is 0 Å². The third kappa shape index (κ3) is 2.32. The molecule has 0 radical (unpaired) electrons. The Kier molecular flexibility index (Phi) is 3.98. The predicted molar refractivity (Wildman–Crippen MR) is 101 cm³/mol. The van der Waals surface area contributed by atoms with Crippen LogP contribution in [0.25, 0.3) is 0 Å². The molecule has 1 aromatic rings. The van der Waals surface area contributed by atoms with Gasteiger partial charge in [-0.2, -0.15) is 0 Å². The molecule has 25 heavy (non-hydrogen) atoms. The van der Waals surface area contributed by atoms with Gasteiger partial charge in [0.05, 0.1) is 19.1 Å². The molecule has 4 bridgehead atoms. The van der Waals surface area contributed by atoms with Crippen LogP contribution in [-0.4, -0.2) is 19.3 Å². The van der Waals surface area contributed by atoms with Crippen molar-refractivity contribution in [3.63, 3.8) is 0 Å². The Labute approximate surface area is 155 Å². The minimum absolute atomic E-state index is 0.0247. The molecule has 5 rings (SSSR count). The first-order chi connectivity index (χ1) is 11.7. The van der Waals surface area contributed by atoms with Crippen molar-refractivity contribution in [3.05, 3.63) is 10.3 Å². The Morgan fingerprint density at radius 1 is 1.00 bits per heavy atom. The highest BCUT2D eigenvalue weighted by molar-refractivity contribution is 7.10. The van der Waals surface area contributed by atoms with Crippen molar-refractivity contribution in [2.24, 2.45) is 28.6 Å². The van der Waals surface area contributed by atoms with Crippen molar-refractivity contribution < 1.29 is 14.6 Å². The summed E-state index contributed by atoms with van der Waals surface area (Å²) >= 11 is 1.61. The number of hydrogen-bond acceptors (Lipinski definition) is 4. The maximum absolute atomic E-state index is 12.5. The highest BCUT2D eigenvalue weighted by Gasteiger charge is 2.65. The van der Waals surface area contributed by atoms with Gasteiger partial charge in [-0.15, -0.1) is 11.3 Å². The van der Waals surface area contributed by atoms with Gasteiger partial charge in [0, 0.05) is 10.8 Å². The van der Waals surface area contributed by atoms with Crippen LogP contribution in [0.4, 0.5) is 0 Å². The Morgan fingerprint density at radius 3 is 1.92 bits per heavy atom. The van der Waals surface area contributed by atoms with Crippen molar-refractivity contribution in [1.29, 1.82) is 0 Å². The van der Waals surface area contributed by atoms with Gasteiger partial charge in [0.2, 0.25) is 0 Å². The van der Waals surface area contributed by atoms with E-state index >= 15 is 0 Å². The van der Waals surface area contributed by atoms with Crippen LogP contribution in [-0.2, 0) is 5.60 Å². The fourth-order valence-corrected chi connectivity index (χ4v) is 8.26. The number of rotatable bonds is 4. The van der Waals surface area contributed by atoms with Crippen LogP contribution in [0.5, 0.6) is 11.5 Å². The molecule has 1 unspecified atom stereocenters. The molecule has 3 nitrogen and oxygen atoms in total. The molecule has 1 aromatic heterocycles. The summed E-state index contributed by atoms with van der Waals surface area (Å²) in [6, 6.07) is 0. The molecule has 0 spiro atoms. The van der Waals surface area contributed by atoms with Crippen molar-refractivity contribution in [1.82, 2.24) is 0 Å². The number of hydrogen-bond donors (Lipinski definition) is 1. The molecule has 0 aromatic carbocycles. The second-order valence-corrected chi connectivity index (χ2v) is 10.7.